The Morgan fingerprint density at radius 2 is 1.25 bits per heavy atom. The van der Waals surface area contributed by atoms with Crippen LogP contribution in [0.5, 0.6) is 0 Å². The molecule has 0 saturated heterocycles. The van der Waals surface area contributed by atoms with E-state index in [4.69, 9.17) is 0 Å². The maximum absolute atomic E-state index is 0. The average molecular weight is 386 g/mol. The molecule has 4 heavy (non-hydrogen) atoms. The fourth-order valence-corrected chi connectivity index (χ4v) is 0. The summed E-state index contributed by atoms with van der Waals surface area (Å²) in [6.45, 7) is 0. The van der Waals surface area contributed by atoms with Crippen molar-refractivity contribution in [2.45, 2.75) is 0 Å². The van der Waals surface area contributed by atoms with Gasteiger partial charge in [0, 0.05) is 105 Å². The molecule has 0 spiro atoms. The van der Waals surface area contributed by atoms with E-state index in [-0.39, 0.29) is 146 Å². The van der Waals surface area contributed by atoms with Gasteiger partial charge in [0.25, 0.3) is 0 Å². The first-order valence-electron chi connectivity index (χ1n) is 0. The van der Waals surface area contributed by atoms with Gasteiger partial charge in [0.2, 0.25) is 0 Å². The van der Waals surface area contributed by atoms with Gasteiger partial charge in [0.15, 0.2) is 0 Å². The molecule has 0 N–H and O–H groups in total. The van der Waals surface area contributed by atoms with Gasteiger partial charge in [-0.15, -0.1) is 0 Å². The van der Waals surface area contributed by atoms with E-state index in [2.05, 4.69) is 0 Å². The summed E-state index contributed by atoms with van der Waals surface area (Å²) in [5, 5.41) is 0. The van der Waals surface area contributed by atoms with Crippen LogP contribution in [0.15, 0.2) is 0 Å². The van der Waals surface area contributed by atoms with Crippen molar-refractivity contribution in [1.82, 2.24) is 0 Å². The molecule has 25 valence electrons. The zero-order valence-corrected chi connectivity index (χ0v) is 10.3. The third kappa shape index (κ3) is 9.83. The summed E-state index contributed by atoms with van der Waals surface area (Å²) in [5.41, 5.74) is 0. The van der Waals surface area contributed by atoms with Crippen molar-refractivity contribution in [2.75, 3.05) is 0 Å². The summed E-state index contributed by atoms with van der Waals surface area (Å²) in [6, 6.07) is 0. The molecule has 3 radical (unpaired) electrons. The van der Waals surface area contributed by atoms with Crippen LogP contribution in [0.2, 0.25) is 0 Å². The summed E-state index contributed by atoms with van der Waals surface area (Å²) in [4.78, 5) is 0. The van der Waals surface area contributed by atoms with Crippen LogP contribution in [-0.2, 0) is 0 Å². The number of rotatable bonds is 0. The Kier molecular flexibility index (Phi) is 91.5. The van der Waals surface area contributed by atoms with E-state index in [0.717, 1.165) is 0 Å². The molecule has 0 heterocycles. The maximum atomic E-state index is 0. The van der Waals surface area contributed by atoms with Crippen molar-refractivity contribution < 1.29 is 90.6 Å². The largest absolute Gasteiger partial charge is 2.00 e. The first-order chi connectivity index (χ1) is 0. The van der Waals surface area contributed by atoms with E-state index in [1.807, 2.05) is 0 Å². The van der Waals surface area contributed by atoms with Crippen LogP contribution in [0, 0.1) is 87.8 Å². The van der Waals surface area contributed by atoms with E-state index in [0.29, 0.717) is 0 Å². The fourth-order valence-electron chi connectivity index (χ4n) is 0. The smallest absolute Gasteiger partial charge is 1.00 e. The second-order valence-corrected chi connectivity index (χ2v) is 0. The summed E-state index contributed by atoms with van der Waals surface area (Å²) in [6.07, 6.45) is 0. The van der Waals surface area contributed by atoms with Crippen LogP contribution in [-0.4, -0.2) is 55.1 Å². The first kappa shape index (κ1) is 23.4. The predicted molar refractivity (Wildman–Crippen MR) is 13.7 cm³/mol. The van der Waals surface area contributed by atoms with Gasteiger partial charge in [0.1, 0.15) is 0 Å². The monoisotopic (exact) mass is 385 g/mol. The Hall–Kier alpha value is 4.66. The van der Waals surface area contributed by atoms with E-state index < -0.39 is 0 Å². The minimum absolute atomic E-state index is 0. The quantitative estimate of drug-likeness (QED) is 0.491. The molecule has 0 aliphatic heterocycles. The third-order valence-electron chi connectivity index (χ3n) is 0. The molecular weight excluding hydrogens is 384 g/mol. The van der Waals surface area contributed by atoms with Crippen molar-refractivity contribution in [3.8, 4) is 0 Å². The van der Waals surface area contributed by atoms with Gasteiger partial charge in [0.05, 0.1) is 0 Å². The second kappa shape index (κ2) is 15.6. The van der Waals surface area contributed by atoms with E-state index in [1.54, 1.807) is 0 Å². The molecule has 0 aromatic heterocycles. The Bertz CT molecular complexity index is 13.5. The molecule has 0 aliphatic rings. The molecule has 0 saturated carbocycles. The van der Waals surface area contributed by atoms with E-state index in [9.17, 15) is 0 Å². The first-order valence-corrected chi connectivity index (χ1v) is 0. The van der Waals surface area contributed by atoms with Gasteiger partial charge >= 0.3 is 37.7 Å². The standard InChI is InChI=1S/Al.Ca.Nd.Yb.2H/q;+2;;;2*-1. The topological polar surface area (TPSA) is 0 Å². The van der Waals surface area contributed by atoms with Gasteiger partial charge in [-0.1, -0.05) is 0 Å². The van der Waals surface area contributed by atoms with E-state index in [1.165, 1.54) is 0 Å². The van der Waals surface area contributed by atoms with Crippen molar-refractivity contribution >= 4 is 55.1 Å². The minimum Gasteiger partial charge on any atom is -1.00 e. The molecule has 0 unspecified atom stereocenters. The number of hydrogen-bond acceptors (Lipinski definition) is 0. The Balaban J connectivity index is 0. The van der Waals surface area contributed by atoms with E-state index >= 15 is 0 Å². The Labute approximate surface area is 141 Å². The normalized spacial score (nSPS) is 0. The van der Waals surface area contributed by atoms with Gasteiger partial charge < -0.3 is 2.85 Å². The zero-order chi connectivity index (χ0) is 0. The van der Waals surface area contributed by atoms with Crippen LogP contribution < -0.4 is 0 Å². The zero-order valence-electron chi connectivity index (χ0n) is 4.05. The second-order valence-electron chi connectivity index (χ2n) is 0. The minimum atomic E-state index is 0. The molecule has 0 bridgehead atoms. The number of hydrogen-bond donors (Lipinski definition) is 0. The van der Waals surface area contributed by atoms with Gasteiger partial charge in [-0.05, 0) is 0 Å². The average Bonchev–Trinajstić information content (AvgIpc) is 0. The summed E-state index contributed by atoms with van der Waals surface area (Å²) in [5.74, 6) is 0. The maximum Gasteiger partial charge on any atom is 2.00 e. The van der Waals surface area contributed by atoms with Crippen LogP contribution in [0.3, 0.4) is 0 Å². The molecule has 0 aromatic rings. The molecule has 0 aliphatic carbocycles. The molecule has 0 amide bonds. The fraction of sp³-hybridized carbons (Fsp3) is 0. The van der Waals surface area contributed by atoms with Crippen LogP contribution in [0.1, 0.15) is 2.85 Å². The molecule has 0 nitrogen and oxygen atoms in total. The van der Waals surface area contributed by atoms with Crippen LogP contribution in [0.4, 0.5) is 0 Å². The molecule has 0 aromatic carbocycles. The van der Waals surface area contributed by atoms with Crippen molar-refractivity contribution in [3.05, 3.63) is 0 Å². The van der Waals surface area contributed by atoms with Gasteiger partial charge in [-0.25, -0.2) is 0 Å². The SMILES string of the molecule is [Al].[Ca+2].[H-].[H-].[Nd].[Yb]. The summed E-state index contributed by atoms with van der Waals surface area (Å²) < 4.78 is 0. The Morgan fingerprint density at radius 1 is 1.25 bits per heavy atom. The van der Waals surface area contributed by atoms with Crippen LogP contribution in [0.25, 0.3) is 0 Å². The van der Waals surface area contributed by atoms with Crippen molar-refractivity contribution in [2.24, 2.45) is 0 Å². The molecule has 4 heteroatoms. The van der Waals surface area contributed by atoms with Crippen LogP contribution >= 0.6 is 0 Å². The Morgan fingerprint density at radius 3 is 1.25 bits per heavy atom. The molecule has 0 rings (SSSR count). The van der Waals surface area contributed by atoms with Gasteiger partial charge in [-0.2, -0.15) is 0 Å². The summed E-state index contributed by atoms with van der Waals surface area (Å²) >= 11 is 0. The predicted octanol–water partition coefficient (Wildman–Crippen LogP) is -0.537. The van der Waals surface area contributed by atoms with Crippen molar-refractivity contribution in [3.63, 3.8) is 0 Å². The molecule has 0 atom stereocenters. The van der Waals surface area contributed by atoms with Gasteiger partial charge in [-0.3, -0.25) is 0 Å². The third-order valence-corrected chi connectivity index (χ3v) is 0. The molecule has 0 fully saturated rings. The molecular formula is H2AlCaNdYb. The van der Waals surface area contributed by atoms with Crippen molar-refractivity contribution in [1.29, 1.82) is 0 Å². The summed E-state index contributed by atoms with van der Waals surface area (Å²) in [7, 11) is 0.